The molecular formula is C5H5N3S. The molecule has 0 bridgehead atoms. The van der Waals surface area contributed by atoms with Crippen LogP contribution in [0.25, 0.3) is 0 Å². The highest BCUT2D eigenvalue weighted by Crippen LogP contribution is 2.17. The quantitative estimate of drug-likeness (QED) is 0.581. The van der Waals surface area contributed by atoms with Gasteiger partial charge in [-0.2, -0.15) is 0 Å². The molecule has 0 radical (unpaired) electrons. The van der Waals surface area contributed by atoms with Crippen LogP contribution in [0.2, 0.25) is 0 Å². The summed E-state index contributed by atoms with van der Waals surface area (Å²) in [6, 6.07) is 0. The molecular weight excluding hydrogens is 134 g/mol. The number of thiazole rings is 1. The maximum Gasteiger partial charge on any atom is 0.147 e. The lowest BCUT2D eigenvalue weighted by Gasteiger charge is -2.03. The van der Waals surface area contributed by atoms with Crippen LogP contribution in [-0.4, -0.2) is 17.9 Å². The summed E-state index contributed by atoms with van der Waals surface area (Å²) in [5.41, 5.74) is 1.81. The summed E-state index contributed by atoms with van der Waals surface area (Å²) < 4.78 is 0. The molecule has 0 aliphatic carbocycles. The maximum absolute atomic E-state index is 4.07. The molecule has 0 spiro atoms. The third-order valence-corrected chi connectivity index (χ3v) is 1.90. The van der Waals surface area contributed by atoms with Crippen LogP contribution in [0.4, 0.5) is 5.82 Å². The van der Waals surface area contributed by atoms with E-state index in [1.807, 2.05) is 11.7 Å². The van der Waals surface area contributed by atoms with Gasteiger partial charge in [0.05, 0.1) is 10.4 Å². The van der Waals surface area contributed by atoms with Crippen molar-refractivity contribution in [1.82, 2.24) is 4.98 Å². The van der Waals surface area contributed by atoms with Crippen LogP contribution in [0.3, 0.4) is 0 Å². The molecule has 0 fully saturated rings. The number of hydrogen-bond donors (Lipinski definition) is 1. The summed E-state index contributed by atoms with van der Waals surface area (Å²) in [5.74, 6) is 0.968. The average Bonchev–Trinajstić information content (AvgIpc) is 2.33. The van der Waals surface area contributed by atoms with Crippen LogP contribution in [0.15, 0.2) is 10.5 Å². The largest absolute Gasteiger partial charge is 0.350 e. The summed E-state index contributed by atoms with van der Waals surface area (Å²) in [6.07, 6.45) is 1.85. The standard InChI is InChI=1S/C5H5N3S/c1-4-5(7-2-6-1)8-3-9-4/h1,3,7H,2H2. The second-order valence-electron chi connectivity index (χ2n) is 1.71. The minimum Gasteiger partial charge on any atom is -0.350 e. The molecule has 0 aromatic carbocycles. The van der Waals surface area contributed by atoms with Crippen LogP contribution in [0.1, 0.15) is 4.88 Å². The van der Waals surface area contributed by atoms with Crippen molar-refractivity contribution in [3.63, 3.8) is 0 Å². The van der Waals surface area contributed by atoms with Crippen molar-refractivity contribution < 1.29 is 0 Å². The van der Waals surface area contributed by atoms with E-state index in [0.29, 0.717) is 6.67 Å². The van der Waals surface area contributed by atoms with Gasteiger partial charge in [0.1, 0.15) is 12.5 Å². The molecule has 3 nitrogen and oxygen atoms in total. The lowest BCUT2D eigenvalue weighted by Crippen LogP contribution is -2.05. The fourth-order valence-corrected chi connectivity index (χ4v) is 1.37. The van der Waals surface area contributed by atoms with Gasteiger partial charge in [-0.15, -0.1) is 11.3 Å². The molecule has 9 heavy (non-hydrogen) atoms. The SMILES string of the molecule is C1=NCNc2ncsc21. The third kappa shape index (κ3) is 0.712. The van der Waals surface area contributed by atoms with Gasteiger partial charge >= 0.3 is 0 Å². The minimum absolute atomic E-state index is 0.663. The van der Waals surface area contributed by atoms with Crippen molar-refractivity contribution in [3.05, 3.63) is 10.4 Å². The van der Waals surface area contributed by atoms with E-state index in [-0.39, 0.29) is 0 Å². The molecule has 1 aliphatic rings. The summed E-state index contributed by atoms with van der Waals surface area (Å²) in [4.78, 5) is 9.22. The lowest BCUT2D eigenvalue weighted by molar-refractivity contribution is 1.11. The van der Waals surface area contributed by atoms with E-state index in [4.69, 9.17) is 0 Å². The number of aromatic nitrogens is 1. The first kappa shape index (κ1) is 4.93. The number of aliphatic imine (C=N–C) groups is 1. The Morgan fingerprint density at radius 1 is 1.67 bits per heavy atom. The Hall–Kier alpha value is -0.900. The molecule has 0 saturated heterocycles. The lowest BCUT2D eigenvalue weighted by atomic mass is 10.5. The summed E-state index contributed by atoms with van der Waals surface area (Å²) >= 11 is 1.60. The Morgan fingerprint density at radius 3 is 3.56 bits per heavy atom. The molecule has 0 atom stereocenters. The highest BCUT2D eigenvalue weighted by atomic mass is 32.1. The second kappa shape index (κ2) is 1.80. The van der Waals surface area contributed by atoms with Gasteiger partial charge in [-0.05, 0) is 0 Å². The first-order chi connectivity index (χ1) is 4.47. The summed E-state index contributed by atoms with van der Waals surface area (Å²) in [7, 11) is 0. The molecule has 46 valence electrons. The summed E-state index contributed by atoms with van der Waals surface area (Å²) in [6.45, 7) is 0.663. The van der Waals surface area contributed by atoms with Crippen LogP contribution >= 0.6 is 11.3 Å². The van der Waals surface area contributed by atoms with Gasteiger partial charge in [0.2, 0.25) is 0 Å². The number of hydrogen-bond acceptors (Lipinski definition) is 4. The van der Waals surface area contributed by atoms with Crippen molar-refractivity contribution in [2.45, 2.75) is 0 Å². The first-order valence-corrected chi connectivity index (χ1v) is 3.52. The predicted molar refractivity (Wildman–Crippen MR) is 38.2 cm³/mol. The fourth-order valence-electron chi connectivity index (χ4n) is 0.729. The molecule has 4 heteroatoms. The molecule has 0 unspecified atom stereocenters. The number of anilines is 1. The van der Waals surface area contributed by atoms with E-state index < -0.39 is 0 Å². The average molecular weight is 139 g/mol. The van der Waals surface area contributed by atoms with Crippen molar-refractivity contribution in [2.24, 2.45) is 4.99 Å². The van der Waals surface area contributed by atoms with Crippen LogP contribution in [-0.2, 0) is 0 Å². The molecule has 1 aliphatic heterocycles. The molecule has 2 rings (SSSR count). The third-order valence-electron chi connectivity index (χ3n) is 1.14. The van der Waals surface area contributed by atoms with E-state index in [1.54, 1.807) is 11.3 Å². The van der Waals surface area contributed by atoms with E-state index in [9.17, 15) is 0 Å². The topological polar surface area (TPSA) is 37.3 Å². The Labute approximate surface area is 56.5 Å². The number of nitrogens with one attached hydrogen (secondary N) is 1. The summed E-state index contributed by atoms with van der Waals surface area (Å²) in [5, 5.41) is 3.04. The van der Waals surface area contributed by atoms with Gasteiger partial charge in [-0.3, -0.25) is 4.99 Å². The van der Waals surface area contributed by atoms with E-state index >= 15 is 0 Å². The van der Waals surface area contributed by atoms with Gasteiger partial charge < -0.3 is 5.32 Å². The highest BCUT2D eigenvalue weighted by molar-refractivity contribution is 7.12. The van der Waals surface area contributed by atoms with Crippen LogP contribution in [0, 0.1) is 0 Å². The molecule has 0 amide bonds. The number of rotatable bonds is 0. The van der Waals surface area contributed by atoms with Gasteiger partial charge in [-0.25, -0.2) is 4.98 Å². The number of nitrogens with zero attached hydrogens (tertiary/aromatic N) is 2. The first-order valence-electron chi connectivity index (χ1n) is 2.64. The van der Waals surface area contributed by atoms with Crippen molar-refractivity contribution in [1.29, 1.82) is 0 Å². The van der Waals surface area contributed by atoms with Gasteiger partial charge in [0.15, 0.2) is 0 Å². The monoisotopic (exact) mass is 139 g/mol. The van der Waals surface area contributed by atoms with Crippen molar-refractivity contribution in [2.75, 3.05) is 12.0 Å². The molecule has 1 aromatic rings. The normalized spacial score (nSPS) is 14.7. The highest BCUT2D eigenvalue weighted by Gasteiger charge is 2.04. The van der Waals surface area contributed by atoms with Crippen LogP contribution < -0.4 is 5.32 Å². The van der Waals surface area contributed by atoms with Crippen molar-refractivity contribution >= 4 is 23.4 Å². The molecule has 2 heterocycles. The van der Waals surface area contributed by atoms with Crippen molar-refractivity contribution in [3.8, 4) is 0 Å². The van der Waals surface area contributed by atoms with Crippen LogP contribution in [0.5, 0.6) is 0 Å². The van der Waals surface area contributed by atoms with E-state index in [2.05, 4.69) is 15.3 Å². The zero-order valence-electron chi connectivity index (χ0n) is 4.66. The second-order valence-corrected chi connectivity index (χ2v) is 2.60. The smallest absolute Gasteiger partial charge is 0.147 e. The van der Waals surface area contributed by atoms with E-state index in [1.165, 1.54) is 0 Å². The Balaban J connectivity index is 2.53. The van der Waals surface area contributed by atoms with E-state index in [0.717, 1.165) is 10.7 Å². The molecule has 0 saturated carbocycles. The molecule has 1 aromatic heterocycles. The number of fused-ring (bicyclic) bond motifs is 1. The van der Waals surface area contributed by atoms with Gasteiger partial charge in [-0.1, -0.05) is 0 Å². The minimum atomic E-state index is 0.663. The Kier molecular flexibility index (Phi) is 0.989. The predicted octanol–water partition coefficient (Wildman–Crippen LogP) is 0.945. The fraction of sp³-hybridized carbons (Fsp3) is 0.200. The zero-order chi connectivity index (χ0) is 6.10. The zero-order valence-corrected chi connectivity index (χ0v) is 5.48. The molecule has 1 N–H and O–H groups in total. The van der Waals surface area contributed by atoms with Gasteiger partial charge in [0.25, 0.3) is 0 Å². The Morgan fingerprint density at radius 2 is 2.67 bits per heavy atom. The maximum atomic E-state index is 4.07. The van der Waals surface area contributed by atoms with Gasteiger partial charge in [0, 0.05) is 6.21 Å². The Bertz CT molecular complexity index is 240.